The summed E-state index contributed by atoms with van der Waals surface area (Å²) in [4.78, 5) is 49.7. The van der Waals surface area contributed by atoms with Crippen molar-refractivity contribution in [3.63, 3.8) is 0 Å². The number of rotatable bonds is 13. The zero-order valence-electron chi connectivity index (χ0n) is 15.4. The lowest BCUT2D eigenvalue weighted by Crippen LogP contribution is -2.70. The van der Waals surface area contributed by atoms with Gasteiger partial charge in [0, 0.05) is 18.2 Å². The molecule has 0 radical (unpaired) electrons. The minimum atomic E-state index is -1.36. The van der Waals surface area contributed by atoms with Crippen molar-refractivity contribution >= 4 is 24.1 Å². The quantitative estimate of drug-likeness (QED) is 0.120. The van der Waals surface area contributed by atoms with Crippen LogP contribution in [0.25, 0.3) is 0 Å². The molecule has 9 nitrogen and oxygen atoms in total. The highest BCUT2D eigenvalue weighted by atomic mass is 16.7. The molecule has 0 aromatic carbocycles. The Balaban J connectivity index is 2.63. The van der Waals surface area contributed by atoms with E-state index >= 15 is 0 Å². The van der Waals surface area contributed by atoms with Gasteiger partial charge in [0.05, 0.1) is 6.54 Å². The maximum atomic E-state index is 11.9. The van der Waals surface area contributed by atoms with Gasteiger partial charge in [0.1, 0.15) is 0 Å². The van der Waals surface area contributed by atoms with Gasteiger partial charge in [-0.25, -0.2) is 24.2 Å². The zero-order chi connectivity index (χ0) is 20.3. The molecule has 1 saturated heterocycles. The molecule has 1 fully saturated rings. The molecule has 0 saturated carbocycles. The van der Waals surface area contributed by atoms with Crippen LogP contribution < -0.4 is 0 Å². The van der Waals surface area contributed by atoms with Gasteiger partial charge in [-0.1, -0.05) is 26.0 Å². The van der Waals surface area contributed by atoms with Crippen molar-refractivity contribution in [3.8, 4) is 0 Å². The molecule has 1 unspecified atom stereocenters. The second-order valence-corrected chi connectivity index (χ2v) is 6.02. The number of amides is 1. The Morgan fingerprint density at radius 3 is 2.52 bits per heavy atom. The van der Waals surface area contributed by atoms with Gasteiger partial charge in [-0.3, -0.25) is 4.90 Å². The third kappa shape index (κ3) is 6.71. The normalized spacial score (nSPS) is 17.8. The number of cyclic esters (lactones) is 1. The molecule has 1 heterocycles. The van der Waals surface area contributed by atoms with Crippen molar-refractivity contribution in [2.24, 2.45) is 4.99 Å². The van der Waals surface area contributed by atoms with E-state index in [1.807, 2.05) is 0 Å². The van der Waals surface area contributed by atoms with Crippen molar-refractivity contribution in [1.29, 1.82) is 0 Å². The minimum Gasteiger partial charge on any atom is -0.456 e. The number of carbonyl (C=O) groups excluding carboxylic acids is 4. The molecular weight excluding hydrogens is 356 g/mol. The van der Waals surface area contributed by atoms with Crippen LogP contribution in [0.2, 0.25) is 0 Å². The number of unbranched alkanes of at least 4 members (excludes halogenated alkanes) is 3. The first-order chi connectivity index (χ1) is 12.9. The van der Waals surface area contributed by atoms with E-state index in [2.05, 4.69) is 18.2 Å². The lowest BCUT2D eigenvalue weighted by atomic mass is 10.1. The van der Waals surface area contributed by atoms with E-state index in [1.165, 1.54) is 17.9 Å². The highest BCUT2D eigenvalue weighted by Gasteiger charge is 2.55. The molecule has 0 aromatic rings. The van der Waals surface area contributed by atoms with Crippen molar-refractivity contribution in [2.75, 3.05) is 26.3 Å². The topological polar surface area (TPSA) is 112 Å². The standard InChI is InChI=1S/C18H24N2O7/c1-4-15(22)25-11-18(12-26-16(23)14(2)3)20(17(24)27-18)10-8-6-5-7-9-19-13-21/h4H,1-2,5-12H2,3H3. The smallest absolute Gasteiger partial charge is 0.415 e. The Morgan fingerprint density at radius 2 is 1.93 bits per heavy atom. The Kier molecular flexibility index (Phi) is 8.95. The molecule has 0 aromatic heterocycles. The number of aliphatic imine (C=N–C) groups is 1. The molecule has 1 aliphatic heterocycles. The molecule has 1 amide bonds. The van der Waals surface area contributed by atoms with Crippen LogP contribution in [0, 0.1) is 0 Å². The lowest BCUT2D eigenvalue weighted by molar-refractivity contribution is -0.234. The predicted octanol–water partition coefficient (Wildman–Crippen LogP) is 1.88. The molecule has 1 rings (SSSR count). The second-order valence-electron chi connectivity index (χ2n) is 6.02. The van der Waals surface area contributed by atoms with Gasteiger partial charge >= 0.3 is 18.0 Å². The third-order valence-corrected chi connectivity index (χ3v) is 3.84. The van der Waals surface area contributed by atoms with Gasteiger partial charge in [-0.15, -0.1) is 0 Å². The van der Waals surface area contributed by atoms with Crippen molar-refractivity contribution in [1.82, 2.24) is 4.90 Å². The summed E-state index contributed by atoms with van der Waals surface area (Å²) in [6.45, 7) is 8.47. The molecule has 1 aliphatic rings. The second kappa shape index (κ2) is 10.9. The third-order valence-electron chi connectivity index (χ3n) is 3.84. The van der Waals surface area contributed by atoms with Crippen LogP contribution in [0.15, 0.2) is 29.8 Å². The summed E-state index contributed by atoms with van der Waals surface area (Å²) in [7, 11) is 0. The average Bonchev–Trinajstić information content (AvgIpc) is 2.64. The van der Waals surface area contributed by atoms with Crippen LogP contribution in [0.5, 0.6) is 0 Å². The van der Waals surface area contributed by atoms with E-state index in [0.29, 0.717) is 19.5 Å². The monoisotopic (exact) mass is 380 g/mol. The molecule has 0 bridgehead atoms. The van der Waals surface area contributed by atoms with E-state index in [9.17, 15) is 19.2 Å². The summed E-state index contributed by atoms with van der Waals surface area (Å²) in [5.41, 5.74) is -1.16. The number of hydrogen-bond donors (Lipinski definition) is 0. The highest BCUT2D eigenvalue weighted by Crippen LogP contribution is 2.31. The number of nitrogens with zero attached hydrogens (tertiary/aromatic N) is 2. The molecule has 148 valence electrons. The van der Waals surface area contributed by atoms with Crippen LogP contribution in [-0.2, 0) is 28.6 Å². The van der Waals surface area contributed by atoms with E-state index in [1.54, 1.807) is 0 Å². The van der Waals surface area contributed by atoms with E-state index < -0.39 is 23.8 Å². The molecule has 9 heteroatoms. The minimum absolute atomic E-state index is 0.198. The van der Waals surface area contributed by atoms with Crippen molar-refractivity contribution < 1.29 is 33.4 Å². The van der Waals surface area contributed by atoms with E-state index in [4.69, 9.17) is 14.2 Å². The SMILES string of the molecule is C=CC(=O)OCC1(COC(=O)C(=C)C)OC(=O)N1CCCCCCN=C=O. The number of hydrogen-bond acceptors (Lipinski definition) is 8. The number of esters is 2. The Morgan fingerprint density at radius 1 is 1.26 bits per heavy atom. The fourth-order valence-corrected chi connectivity index (χ4v) is 2.36. The Hall–Kier alpha value is -2.93. The lowest BCUT2D eigenvalue weighted by Gasteiger charge is -2.49. The molecule has 27 heavy (non-hydrogen) atoms. The summed E-state index contributed by atoms with van der Waals surface area (Å²) in [5, 5.41) is 0. The Bertz CT molecular complexity index is 640. The van der Waals surface area contributed by atoms with Gasteiger partial charge < -0.3 is 14.2 Å². The molecule has 0 N–H and O–H groups in total. The molecule has 1 atom stereocenters. The number of isocyanates is 1. The van der Waals surface area contributed by atoms with Gasteiger partial charge in [-0.05, 0) is 19.8 Å². The van der Waals surface area contributed by atoms with Gasteiger partial charge in [-0.2, -0.15) is 0 Å². The number of carbonyl (C=O) groups is 3. The first kappa shape index (κ1) is 22.1. The van der Waals surface area contributed by atoms with Crippen molar-refractivity contribution in [2.45, 2.75) is 38.3 Å². The molecular formula is C18H24N2O7. The molecule has 0 aliphatic carbocycles. The van der Waals surface area contributed by atoms with Crippen LogP contribution in [0.3, 0.4) is 0 Å². The summed E-state index contributed by atoms with van der Waals surface area (Å²) >= 11 is 0. The first-order valence-electron chi connectivity index (χ1n) is 8.52. The average molecular weight is 380 g/mol. The van der Waals surface area contributed by atoms with Gasteiger partial charge in [0.2, 0.25) is 6.08 Å². The zero-order valence-corrected chi connectivity index (χ0v) is 15.4. The van der Waals surface area contributed by atoms with Gasteiger partial charge in [0.25, 0.3) is 5.72 Å². The maximum absolute atomic E-state index is 11.9. The van der Waals surface area contributed by atoms with E-state index in [-0.39, 0.29) is 18.8 Å². The van der Waals surface area contributed by atoms with Gasteiger partial charge in [0.15, 0.2) is 13.2 Å². The largest absolute Gasteiger partial charge is 0.456 e. The summed E-state index contributed by atoms with van der Waals surface area (Å²) in [5.74, 6) is -1.32. The van der Waals surface area contributed by atoms with Crippen LogP contribution in [0.4, 0.5) is 4.79 Å². The number of ether oxygens (including phenoxy) is 3. The Labute approximate surface area is 157 Å². The van der Waals surface area contributed by atoms with Crippen LogP contribution in [-0.4, -0.2) is 61.0 Å². The molecule has 0 spiro atoms. The first-order valence-corrected chi connectivity index (χ1v) is 8.52. The van der Waals surface area contributed by atoms with Crippen LogP contribution >= 0.6 is 0 Å². The fraction of sp³-hybridized carbons (Fsp3) is 0.556. The van der Waals surface area contributed by atoms with Crippen molar-refractivity contribution in [3.05, 3.63) is 24.8 Å². The van der Waals surface area contributed by atoms with E-state index in [0.717, 1.165) is 25.3 Å². The summed E-state index contributed by atoms with van der Waals surface area (Å²) < 4.78 is 15.3. The predicted molar refractivity (Wildman–Crippen MR) is 94.3 cm³/mol. The summed E-state index contributed by atoms with van der Waals surface area (Å²) in [6, 6.07) is 0. The summed E-state index contributed by atoms with van der Waals surface area (Å²) in [6.07, 6.45) is 4.92. The maximum Gasteiger partial charge on any atom is 0.415 e. The fourth-order valence-electron chi connectivity index (χ4n) is 2.36. The van der Waals surface area contributed by atoms with Crippen LogP contribution in [0.1, 0.15) is 32.6 Å². The highest BCUT2D eigenvalue weighted by molar-refractivity contribution is 5.87.